The highest BCUT2D eigenvalue weighted by Crippen LogP contribution is 2.46. The molecule has 0 saturated heterocycles. The number of esters is 1. The van der Waals surface area contributed by atoms with Crippen molar-refractivity contribution in [3.8, 4) is 0 Å². The van der Waals surface area contributed by atoms with Crippen LogP contribution in [0.1, 0.15) is 41.6 Å². The Kier molecular flexibility index (Phi) is 2.33. The first-order valence-corrected chi connectivity index (χ1v) is 5.21. The van der Waals surface area contributed by atoms with Gasteiger partial charge in [-0.3, -0.25) is 0 Å². The third kappa shape index (κ3) is 1.62. The molecule has 0 amide bonds. The molecular formula is C11H15N3O2. The number of methoxy groups -OCH3 is 1. The zero-order chi connectivity index (χ0) is 11.9. The summed E-state index contributed by atoms with van der Waals surface area (Å²) in [5.74, 6) is 0.458. The zero-order valence-electron chi connectivity index (χ0n) is 9.70. The molecule has 1 fully saturated rings. The van der Waals surface area contributed by atoms with Crippen molar-refractivity contribution in [3.05, 3.63) is 17.1 Å². The highest BCUT2D eigenvalue weighted by molar-refractivity contribution is 5.95. The van der Waals surface area contributed by atoms with Gasteiger partial charge in [0.25, 0.3) is 0 Å². The van der Waals surface area contributed by atoms with Crippen LogP contribution in [0, 0.1) is 6.92 Å². The Morgan fingerprint density at radius 3 is 2.50 bits per heavy atom. The monoisotopic (exact) mass is 221 g/mol. The van der Waals surface area contributed by atoms with Gasteiger partial charge in [0, 0.05) is 5.41 Å². The number of nitrogen functional groups attached to an aromatic ring is 1. The lowest BCUT2D eigenvalue weighted by Crippen LogP contribution is -2.16. The lowest BCUT2D eigenvalue weighted by atomic mass is 10.1. The Balaban J connectivity index is 2.47. The largest absolute Gasteiger partial charge is 0.465 e. The summed E-state index contributed by atoms with van der Waals surface area (Å²) < 4.78 is 4.64. The minimum atomic E-state index is -0.484. The summed E-state index contributed by atoms with van der Waals surface area (Å²) in [6.07, 6.45) is 2.15. The predicted molar refractivity (Wildman–Crippen MR) is 59.1 cm³/mol. The SMILES string of the molecule is COC(=O)c1c(C)nc(C2(C)CC2)nc1N. The van der Waals surface area contributed by atoms with E-state index in [2.05, 4.69) is 21.6 Å². The van der Waals surface area contributed by atoms with Gasteiger partial charge in [-0.05, 0) is 19.8 Å². The Hall–Kier alpha value is -1.65. The Bertz CT molecular complexity index is 430. The number of ether oxygens (including phenoxy) is 1. The molecule has 86 valence electrons. The van der Waals surface area contributed by atoms with Crippen molar-refractivity contribution in [2.75, 3.05) is 12.8 Å². The zero-order valence-corrected chi connectivity index (χ0v) is 9.70. The molecule has 0 unspecified atom stereocenters. The number of rotatable bonds is 2. The summed E-state index contributed by atoms with van der Waals surface area (Å²) in [5, 5.41) is 0. The maximum atomic E-state index is 11.4. The van der Waals surface area contributed by atoms with E-state index in [-0.39, 0.29) is 16.8 Å². The van der Waals surface area contributed by atoms with Gasteiger partial charge in [0.15, 0.2) is 0 Å². The molecule has 1 aromatic rings. The lowest BCUT2D eigenvalue weighted by molar-refractivity contribution is 0.0600. The number of carbonyl (C=O) groups excluding carboxylic acids is 1. The first kappa shape index (κ1) is 10.9. The first-order valence-electron chi connectivity index (χ1n) is 5.21. The van der Waals surface area contributed by atoms with Crippen LogP contribution in [0.4, 0.5) is 5.82 Å². The average Bonchev–Trinajstić information content (AvgIpc) is 2.96. The van der Waals surface area contributed by atoms with E-state index in [1.54, 1.807) is 6.92 Å². The van der Waals surface area contributed by atoms with E-state index in [4.69, 9.17) is 5.73 Å². The molecule has 1 aromatic heterocycles. The smallest absolute Gasteiger partial charge is 0.343 e. The number of carbonyl (C=O) groups is 1. The maximum absolute atomic E-state index is 11.4. The lowest BCUT2D eigenvalue weighted by Gasteiger charge is -2.11. The minimum absolute atomic E-state index is 0.0491. The topological polar surface area (TPSA) is 78.1 Å². The number of nitrogens with two attached hydrogens (primary N) is 1. The van der Waals surface area contributed by atoms with Crippen molar-refractivity contribution in [1.82, 2.24) is 9.97 Å². The Morgan fingerprint density at radius 1 is 1.44 bits per heavy atom. The molecule has 0 aliphatic heterocycles. The van der Waals surface area contributed by atoms with E-state index >= 15 is 0 Å². The number of aromatic nitrogens is 2. The van der Waals surface area contributed by atoms with E-state index < -0.39 is 5.97 Å². The third-order valence-electron chi connectivity index (χ3n) is 3.05. The van der Waals surface area contributed by atoms with Crippen LogP contribution in [0.5, 0.6) is 0 Å². The molecule has 5 nitrogen and oxygen atoms in total. The van der Waals surface area contributed by atoms with Crippen molar-refractivity contribution >= 4 is 11.8 Å². The molecule has 0 spiro atoms. The average molecular weight is 221 g/mol. The quantitative estimate of drug-likeness (QED) is 0.759. The number of hydrogen-bond acceptors (Lipinski definition) is 5. The number of aryl methyl sites for hydroxylation is 1. The van der Waals surface area contributed by atoms with E-state index in [1.807, 2.05) is 0 Å². The Morgan fingerprint density at radius 2 is 2.06 bits per heavy atom. The highest BCUT2D eigenvalue weighted by Gasteiger charge is 2.42. The van der Waals surface area contributed by atoms with Gasteiger partial charge < -0.3 is 10.5 Å². The van der Waals surface area contributed by atoms with Gasteiger partial charge in [-0.25, -0.2) is 14.8 Å². The summed E-state index contributed by atoms with van der Waals surface area (Å²) in [4.78, 5) is 20.0. The fourth-order valence-electron chi connectivity index (χ4n) is 1.63. The third-order valence-corrected chi connectivity index (χ3v) is 3.05. The van der Waals surface area contributed by atoms with Gasteiger partial charge in [-0.2, -0.15) is 0 Å². The van der Waals surface area contributed by atoms with E-state index in [1.165, 1.54) is 7.11 Å². The molecule has 2 N–H and O–H groups in total. The van der Waals surface area contributed by atoms with Crippen molar-refractivity contribution in [2.45, 2.75) is 32.1 Å². The fourth-order valence-corrected chi connectivity index (χ4v) is 1.63. The van der Waals surface area contributed by atoms with Gasteiger partial charge in [0.1, 0.15) is 17.2 Å². The summed E-state index contributed by atoms with van der Waals surface area (Å²) >= 11 is 0. The number of hydrogen-bond donors (Lipinski definition) is 1. The Labute approximate surface area is 94.0 Å². The van der Waals surface area contributed by atoms with Crippen LogP contribution in [-0.2, 0) is 10.2 Å². The van der Waals surface area contributed by atoms with Gasteiger partial charge in [-0.15, -0.1) is 0 Å². The molecule has 5 heteroatoms. The van der Waals surface area contributed by atoms with Crippen molar-refractivity contribution in [3.63, 3.8) is 0 Å². The molecule has 16 heavy (non-hydrogen) atoms. The van der Waals surface area contributed by atoms with Crippen LogP contribution in [0.15, 0.2) is 0 Å². The predicted octanol–water partition coefficient (Wildman–Crippen LogP) is 1.21. The van der Waals surface area contributed by atoms with Crippen molar-refractivity contribution < 1.29 is 9.53 Å². The summed E-state index contributed by atoms with van der Waals surface area (Å²) in [6, 6.07) is 0. The van der Waals surface area contributed by atoms with E-state index in [0.29, 0.717) is 5.69 Å². The highest BCUT2D eigenvalue weighted by atomic mass is 16.5. The first-order chi connectivity index (χ1) is 7.48. The fraction of sp³-hybridized carbons (Fsp3) is 0.545. The molecule has 0 atom stereocenters. The number of nitrogens with zero attached hydrogens (tertiary/aromatic N) is 2. The van der Waals surface area contributed by atoms with E-state index in [9.17, 15) is 4.79 Å². The molecule has 2 rings (SSSR count). The summed E-state index contributed by atoms with van der Waals surface area (Å²) in [5.41, 5.74) is 6.68. The minimum Gasteiger partial charge on any atom is -0.465 e. The molecule has 1 heterocycles. The molecule has 0 bridgehead atoms. The van der Waals surface area contributed by atoms with Gasteiger partial charge in [0.05, 0.1) is 12.8 Å². The molecule has 1 saturated carbocycles. The maximum Gasteiger partial charge on any atom is 0.343 e. The van der Waals surface area contributed by atoms with Crippen molar-refractivity contribution in [1.29, 1.82) is 0 Å². The molecular weight excluding hydrogens is 206 g/mol. The molecule has 1 aliphatic carbocycles. The van der Waals surface area contributed by atoms with Crippen LogP contribution in [0.3, 0.4) is 0 Å². The number of anilines is 1. The van der Waals surface area contributed by atoms with Crippen LogP contribution in [-0.4, -0.2) is 23.0 Å². The van der Waals surface area contributed by atoms with Crippen LogP contribution in [0.2, 0.25) is 0 Å². The molecule has 1 aliphatic rings. The summed E-state index contributed by atoms with van der Waals surface area (Å²) in [7, 11) is 1.32. The second-order valence-corrected chi connectivity index (χ2v) is 4.45. The standard InChI is InChI=1S/C11H15N3O2/c1-6-7(9(15)16-3)8(12)14-10(13-6)11(2)4-5-11/h4-5H2,1-3H3,(H2,12,13,14). The molecule has 0 radical (unpaired) electrons. The second kappa shape index (κ2) is 3.43. The second-order valence-electron chi connectivity index (χ2n) is 4.45. The van der Waals surface area contributed by atoms with Gasteiger partial charge in [0.2, 0.25) is 0 Å². The van der Waals surface area contributed by atoms with Gasteiger partial charge >= 0.3 is 5.97 Å². The van der Waals surface area contributed by atoms with Crippen molar-refractivity contribution in [2.24, 2.45) is 0 Å². The van der Waals surface area contributed by atoms with E-state index in [0.717, 1.165) is 18.7 Å². The van der Waals surface area contributed by atoms with Crippen LogP contribution in [0.25, 0.3) is 0 Å². The molecule has 0 aromatic carbocycles. The van der Waals surface area contributed by atoms with Crippen LogP contribution < -0.4 is 5.73 Å². The van der Waals surface area contributed by atoms with Crippen LogP contribution >= 0.6 is 0 Å². The summed E-state index contributed by atoms with van der Waals surface area (Å²) in [6.45, 7) is 3.85. The normalized spacial score (nSPS) is 16.9. The van der Waals surface area contributed by atoms with Gasteiger partial charge in [-0.1, -0.05) is 6.92 Å².